The van der Waals surface area contributed by atoms with Gasteiger partial charge in [0.05, 0.1) is 0 Å². The number of hydrogen-bond acceptors (Lipinski definition) is 16. The van der Waals surface area contributed by atoms with Crippen molar-refractivity contribution >= 4 is 51.7 Å². The summed E-state index contributed by atoms with van der Waals surface area (Å²) in [6.45, 7) is 5.49. The lowest BCUT2D eigenvalue weighted by molar-refractivity contribution is -0.336. The Morgan fingerprint density at radius 1 is 0.651 bits per heavy atom. The van der Waals surface area contributed by atoms with Crippen molar-refractivity contribution in [2.75, 3.05) is 13.2 Å². The molecule has 2 fully saturated rings. The van der Waals surface area contributed by atoms with Crippen molar-refractivity contribution in [3.63, 3.8) is 0 Å². The van der Waals surface area contributed by atoms with Gasteiger partial charge in [0, 0.05) is 46.5 Å². The fourth-order valence-electron chi connectivity index (χ4n) is 4.34. The molecule has 19 heteroatoms. The van der Waals surface area contributed by atoms with Crippen molar-refractivity contribution in [2.45, 2.75) is 102 Å². The highest BCUT2D eigenvalue weighted by Crippen LogP contribution is 2.36. The van der Waals surface area contributed by atoms with Gasteiger partial charge in [0.1, 0.15) is 48.7 Å². The van der Waals surface area contributed by atoms with Crippen LogP contribution < -0.4 is 0 Å². The Labute approximate surface area is 253 Å². The maximum atomic E-state index is 12.2. The SMILES string of the molecule is CC(=O)OC[C@H]1O[C@@H](O[C@H]2[C@H](OC(C)=O)[C@@H](N=[N+]=[N-])[C@@H](Br)O[C@@H]2COC(C)=O)[C@H](OC(C)=O)[C@@H](OC(C)=O)[C@H]1OC(C)=O. The molecule has 240 valence electrons. The van der Waals surface area contributed by atoms with Crippen LogP contribution in [0.2, 0.25) is 0 Å². The third-order valence-electron chi connectivity index (χ3n) is 5.78. The molecule has 2 rings (SSSR count). The molecule has 0 aromatic rings. The molecule has 2 aliphatic rings. The summed E-state index contributed by atoms with van der Waals surface area (Å²) < 4.78 is 49.7. The molecular weight excluding hydrogens is 650 g/mol. The topological polar surface area (TPSA) is 234 Å². The lowest BCUT2D eigenvalue weighted by Gasteiger charge is -2.48. The highest BCUT2D eigenvalue weighted by molar-refractivity contribution is 9.09. The van der Waals surface area contributed by atoms with Crippen molar-refractivity contribution in [1.82, 2.24) is 0 Å². The Balaban J connectivity index is 2.66. The lowest BCUT2D eigenvalue weighted by atomic mass is 9.96. The molecule has 10 atom stereocenters. The van der Waals surface area contributed by atoms with E-state index in [0.717, 1.165) is 41.5 Å². The van der Waals surface area contributed by atoms with Gasteiger partial charge in [-0.15, -0.1) is 0 Å². The fraction of sp³-hybridized carbons (Fsp3) is 0.750. The second kappa shape index (κ2) is 16.4. The van der Waals surface area contributed by atoms with Gasteiger partial charge in [-0.05, 0) is 5.53 Å². The largest absolute Gasteiger partial charge is 0.463 e. The quantitative estimate of drug-likeness (QED) is 0.0730. The lowest BCUT2D eigenvalue weighted by Crippen LogP contribution is -2.66. The van der Waals surface area contributed by atoms with Crippen LogP contribution in [0.4, 0.5) is 0 Å². The zero-order valence-corrected chi connectivity index (χ0v) is 25.6. The number of carbonyl (C=O) groups is 6. The second-order valence-corrected chi connectivity index (χ2v) is 10.2. The smallest absolute Gasteiger partial charge is 0.303 e. The average Bonchev–Trinajstić information content (AvgIpc) is 2.87. The summed E-state index contributed by atoms with van der Waals surface area (Å²) in [6, 6.07) is -1.24. The third kappa shape index (κ3) is 10.6. The first-order valence-electron chi connectivity index (χ1n) is 12.7. The van der Waals surface area contributed by atoms with E-state index in [9.17, 15) is 28.8 Å². The molecule has 0 N–H and O–H groups in total. The summed E-state index contributed by atoms with van der Waals surface area (Å²) >= 11 is 3.21. The van der Waals surface area contributed by atoms with Crippen molar-refractivity contribution < 1.29 is 71.4 Å². The molecule has 0 spiro atoms. The zero-order chi connectivity index (χ0) is 32.4. The van der Waals surface area contributed by atoms with Crippen LogP contribution in [0.1, 0.15) is 41.5 Å². The van der Waals surface area contributed by atoms with E-state index in [1.165, 1.54) is 0 Å². The van der Waals surface area contributed by atoms with E-state index in [1.54, 1.807) is 0 Å². The Kier molecular flexibility index (Phi) is 13.6. The minimum Gasteiger partial charge on any atom is -0.463 e. The molecule has 18 nitrogen and oxygen atoms in total. The van der Waals surface area contributed by atoms with Gasteiger partial charge in [-0.2, -0.15) is 0 Å². The van der Waals surface area contributed by atoms with Crippen LogP contribution >= 0.6 is 15.9 Å². The molecule has 0 aromatic carbocycles. The first kappa shape index (κ1) is 35.7. The number of nitrogens with zero attached hydrogens (tertiary/aromatic N) is 3. The predicted octanol–water partition coefficient (Wildman–Crippen LogP) is 0.748. The number of hydrogen-bond donors (Lipinski definition) is 0. The number of carbonyl (C=O) groups excluding carboxylic acids is 6. The molecule has 2 aliphatic heterocycles. The van der Waals surface area contributed by atoms with Crippen LogP contribution in [0.15, 0.2) is 5.11 Å². The van der Waals surface area contributed by atoms with Gasteiger partial charge in [-0.25, -0.2) is 0 Å². The van der Waals surface area contributed by atoms with Gasteiger partial charge in [0.15, 0.2) is 24.6 Å². The van der Waals surface area contributed by atoms with Crippen LogP contribution in [0.3, 0.4) is 0 Å². The highest BCUT2D eigenvalue weighted by Gasteiger charge is 2.56. The number of alkyl halides is 1. The minimum absolute atomic E-state index is 0.450. The molecule has 0 bridgehead atoms. The Morgan fingerprint density at radius 3 is 1.56 bits per heavy atom. The van der Waals surface area contributed by atoms with Crippen LogP contribution in [-0.2, 0) is 71.4 Å². The summed E-state index contributed by atoms with van der Waals surface area (Å²) in [6.07, 6.45) is -11.8. The van der Waals surface area contributed by atoms with Crippen molar-refractivity contribution in [3.05, 3.63) is 10.4 Å². The van der Waals surface area contributed by atoms with Crippen molar-refractivity contribution in [3.8, 4) is 0 Å². The number of esters is 6. The zero-order valence-electron chi connectivity index (χ0n) is 24.0. The van der Waals surface area contributed by atoms with Gasteiger partial charge in [-0.1, -0.05) is 21.0 Å². The molecule has 0 radical (unpaired) electrons. The Bertz CT molecular complexity index is 1120. The summed E-state index contributed by atoms with van der Waals surface area (Å²) in [7, 11) is 0. The van der Waals surface area contributed by atoms with Gasteiger partial charge < -0.3 is 42.6 Å². The van der Waals surface area contributed by atoms with E-state index in [0.29, 0.717) is 0 Å². The second-order valence-electron chi connectivity index (χ2n) is 9.27. The van der Waals surface area contributed by atoms with Crippen LogP contribution in [-0.4, -0.2) is 109 Å². The third-order valence-corrected chi connectivity index (χ3v) is 6.53. The summed E-state index contributed by atoms with van der Waals surface area (Å²) in [5.74, 6) is -4.83. The van der Waals surface area contributed by atoms with E-state index < -0.39 is 109 Å². The highest BCUT2D eigenvalue weighted by atomic mass is 79.9. The monoisotopic (exact) mass is 681 g/mol. The van der Waals surface area contributed by atoms with Crippen LogP contribution in [0, 0.1) is 0 Å². The Morgan fingerprint density at radius 2 is 1.09 bits per heavy atom. The van der Waals surface area contributed by atoms with Crippen molar-refractivity contribution in [2.24, 2.45) is 5.11 Å². The normalized spacial score (nSPS) is 31.8. The standard InChI is InChI=1S/C24H32BrN3O15/c1-9(29)35-7-15-18(20(38-12(4)32)17(27-28-26)23(25)41-15)43-24-22(40-14(6)34)21(39-13(5)33)19(37-11(3)31)16(42-24)8-36-10(2)30/h15-24H,7-8H2,1-6H3/t15-,16-,17-,18-,19+,20-,21+,22-,23+,24+/m1/s1. The number of azide groups is 1. The predicted molar refractivity (Wildman–Crippen MR) is 140 cm³/mol. The maximum Gasteiger partial charge on any atom is 0.303 e. The summed E-state index contributed by atoms with van der Waals surface area (Å²) in [5, 5.41) is 2.58. The van der Waals surface area contributed by atoms with Gasteiger partial charge in [-0.3, -0.25) is 28.8 Å². The minimum atomic E-state index is -1.72. The Hall–Kier alpha value is -3.51. The molecule has 2 saturated heterocycles. The van der Waals surface area contributed by atoms with Gasteiger partial charge in [0.25, 0.3) is 0 Å². The van der Waals surface area contributed by atoms with E-state index >= 15 is 0 Å². The summed E-state index contributed by atoms with van der Waals surface area (Å²) in [5.41, 5.74) is 9.16. The van der Waals surface area contributed by atoms with Gasteiger partial charge in [0.2, 0.25) is 0 Å². The van der Waals surface area contributed by atoms with Crippen molar-refractivity contribution in [1.29, 1.82) is 0 Å². The number of halogens is 1. The number of ether oxygens (including phenoxy) is 9. The molecule has 0 unspecified atom stereocenters. The molecule has 0 aromatic heterocycles. The number of rotatable bonds is 11. The van der Waals surface area contributed by atoms with E-state index in [-0.39, 0.29) is 0 Å². The van der Waals surface area contributed by atoms with Crippen LogP contribution in [0.25, 0.3) is 10.4 Å². The molecule has 2 heterocycles. The first-order valence-corrected chi connectivity index (χ1v) is 13.7. The van der Waals surface area contributed by atoms with E-state index in [1.807, 2.05) is 0 Å². The molecule has 0 amide bonds. The van der Waals surface area contributed by atoms with E-state index in [2.05, 4.69) is 26.0 Å². The first-order chi connectivity index (χ1) is 20.1. The molecule has 0 saturated carbocycles. The maximum absolute atomic E-state index is 12.2. The molecule has 43 heavy (non-hydrogen) atoms. The fourth-order valence-corrected chi connectivity index (χ4v) is 5.02. The molecule has 0 aliphatic carbocycles. The molecular formula is C24H32BrN3O15. The summed E-state index contributed by atoms with van der Waals surface area (Å²) in [4.78, 5) is 74.4. The van der Waals surface area contributed by atoms with Crippen LogP contribution in [0.5, 0.6) is 0 Å². The van der Waals surface area contributed by atoms with E-state index in [4.69, 9.17) is 48.2 Å². The van der Waals surface area contributed by atoms with Gasteiger partial charge >= 0.3 is 35.8 Å². The average molecular weight is 682 g/mol.